The quantitative estimate of drug-likeness (QED) is 0.894. The summed E-state index contributed by atoms with van der Waals surface area (Å²) in [4.78, 5) is 12.2. The molecule has 0 spiro atoms. The van der Waals surface area contributed by atoms with Crippen molar-refractivity contribution in [2.45, 2.75) is 59.5 Å². The third kappa shape index (κ3) is 2.74. The maximum absolute atomic E-state index is 12.2. The van der Waals surface area contributed by atoms with Crippen molar-refractivity contribution in [3.63, 3.8) is 0 Å². The van der Waals surface area contributed by atoms with E-state index in [4.69, 9.17) is 0 Å². The van der Waals surface area contributed by atoms with E-state index in [1.807, 2.05) is 19.9 Å². The van der Waals surface area contributed by atoms with E-state index in [1.165, 1.54) is 6.42 Å². The summed E-state index contributed by atoms with van der Waals surface area (Å²) < 4.78 is 1.77. The molecule has 1 aromatic rings. The molecule has 0 aromatic carbocycles. The molecule has 2 rings (SSSR count). The van der Waals surface area contributed by atoms with E-state index < -0.39 is 0 Å². The lowest BCUT2D eigenvalue weighted by Gasteiger charge is -2.18. The van der Waals surface area contributed by atoms with Gasteiger partial charge < -0.3 is 5.32 Å². The molecular weight excluding hydrogens is 226 g/mol. The fourth-order valence-electron chi connectivity index (χ4n) is 2.79. The van der Waals surface area contributed by atoms with Crippen molar-refractivity contribution in [2.75, 3.05) is 0 Å². The standard InChI is InChI=1S/C14H23N3O/c1-5-17-12(8-10(2)16-17)13(18)15-11-6-7-14(3,4)9-11/h8,11H,5-7,9H2,1-4H3,(H,15,18). The summed E-state index contributed by atoms with van der Waals surface area (Å²) in [6.07, 6.45) is 3.33. The molecule has 1 N–H and O–H groups in total. The van der Waals surface area contributed by atoms with Gasteiger partial charge in [0, 0.05) is 12.6 Å². The minimum atomic E-state index is 0.0140. The van der Waals surface area contributed by atoms with Gasteiger partial charge in [-0.2, -0.15) is 5.10 Å². The van der Waals surface area contributed by atoms with E-state index >= 15 is 0 Å². The van der Waals surface area contributed by atoms with Gasteiger partial charge in [-0.05, 0) is 44.6 Å². The zero-order valence-corrected chi connectivity index (χ0v) is 11.8. The summed E-state index contributed by atoms with van der Waals surface area (Å²) >= 11 is 0. The Balaban J connectivity index is 2.04. The third-order valence-electron chi connectivity index (χ3n) is 3.74. The average molecular weight is 249 g/mol. The first-order valence-corrected chi connectivity index (χ1v) is 6.76. The van der Waals surface area contributed by atoms with Crippen molar-refractivity contribution in [1.82, 2.24) is 15.1 Å². The van der Waals surface area contributed by atoms with Gasteiger partial charge in [-0.3, -0.25) is 9.48 Å². The smallest absolute Gasteiger partial charge is 0.269 e. The first kappa shape index (κ1) is 13.1. The molecule has 1 amide bonds. The molecule has 0 bridgehead atoms. The van der Waals surface area contributed by atoms with E-state index in [9.17, 15) is 4.79 Å². The van der Waals surface area contributed by atoms with Crippen LogP contribution in [0.4, 0.5) is 0 Å². The molecule has 1 aliphatic rings. The van der Waals surface area contributed by atoms with E-state index in [1.54, 1.807) is 4.68 Å². The van der Waals surface area contributed by atoms with Crippen LogP contribution >= 0.6 is 0 Å². The number of carbonyl (C=O) groups excluding carboxylic acids is 1. The normalized spacial score (nSPS) is 22.1. The van der Waals surface area contributed by atoms with Crippen molar-refractivity contribution in [2.24, 2.45) is 5.41 Å². The highest BCUT2D eigenvalue weighted by atomic mass is 16.2. The molecule has 1 unspecified atom stereocenters. The highest BCUT2D eigenvalue weighted by molar-refractivity contribution is 5.92. The predicted molar refractivity (Wildman–Crippen MR) is 71.5 cm³/mol. The Morgan fingerprint density at radius 2 is 2.33 bits per heavy atom. The molecule has 4 heteroatoms. The second-order valence-corrected chi connectivity index (χ2v) is 6.06. The summed E-state index contributed by atoms with van der Waals surface area (Å²) in [5.74, 6) is 0.0140. The fourth-order valence-corrected chi connectivity index (χ4v) is 2.79. The number of hydrogen-bond donors (Lipinski definition) is 1. The lowest BCUT2D eigenvalue weighted by atomic mass is 9.92. The van der Waals surface area contributed by atoms with Crippen molar-refractivity contribution < 1.29 is 4.79 Å². The molecule has 1 aliphatic carbocycles. The second-order valence-electron chi connectivity index (χ2n) is 6.06. The number of amides is 1. The maximum atomic E-state index is 12.2. The molecule has 0 aliphatic heterocycles. The van der Waals surface area contributed by atoms with Gasteiger partial charge in [-0.15, -0.1) is 0 Å². The van der Waals surface area contributed by atoms with Gasteiger partial charge in [0.2, 0.25) is 0 Å². The summed E-state index contributed by atoms with van der Waals surface area (Å²) in [6.45, 7) is 9.18. The van der Waals surface area contributed by atoms with Crippen LogP contribution < -0.4 is 5.32 Å². The van der Waals surface area contributed by atoms with Crippen LogP contribution in [-0.4, -0.2) is 21.7 Å². The van der Waals surface area contributed by atoms with Gasteiger partial charge in [0.05, 0.1) is 5.69 Å². The number of rotatable bonds is 3. The number of nitrogens with one attached hydrogen (secondary N) is 1. The Bertz CT molecular complexity index is 448. The van der Waals surface area contributed by atoms with Crippen molar-refractivity contribution in [1.29, 1.82) is 0 Å². The van der Waals surface area contributed by atoms with Crippen LogP contribution in [0.1, 0.15) is 56.2 Å². The highest BCUT2D eigenvalue weighted by Crippen LogP contribution is 2.36. The summed E-state index contributed by atoms with van der Waals surface area (Å²) in [7, 11) is 0. The van der Waals surface area contributed by atoms with Crippen LogP contribution in [0.2, 0.25) is 0 Å². The van der Waals surface area contributed by atoms with Gasteiger partial charge in [-0.25, -0.2) is 0 Å². The fraction of sp³-hybridized carbons (Fsp3) is 0.714. The summed E-state index contributed by atoms with van der Waals surface area (Å²) in [5, 5.41) is 7.45. The van der Waals surface area contributed by atoms with Gasteiger partial charge in [0.15, 0.2) is 0 Å². The van der Waals surface area contributed by atoms with Gasteiger partial charge in [0.25, 0.3) is 5.91 Å². The molecule has 0 saturated heterocycles. The minimum absolute atomic E-state index is 0.0140. The predicted octanol–water partition coefficient (Wildman–Crippen LogP) is 2.52. The zero-order chi connectivity index (χ0) is 13.3. The first-order valence-electron chi connectivity index (χ1n) is 6.76. The van der Waals surface area contributed by atoms with Gasteiger partial charge in [-0.1, -0.05) is 13.8 Å². The van der Waals surface area contributed by atoms with Crippen molar-refractivity contribution in [3.8, 4) is 0 Å². The highest BCUT2D eigenvalue weighted by Gasteiger charge is 2.32. The van der Waals surface area contributed by atoms with Crippen LogP contribution in [0.3, 0.4) is 0 Å². The number of nitrogens with zero attached hydrogens (tertiary/aromatic N) is 2. The van der Waals surface area contributed by atoms with E-state index in [0.29, 0.717) is 17.2 Å². The van der Waals surface area contributed by atoms with E-state index in [-0.39, 0.29) is 5.91 Å². The van der Waals surface area contributed by atoms with Crippen molar-refractivity contribution >= 4 is 5.91 Å². The number of carbonyl (C=O) groups is 1. The second kappa shape index (κ2) is 4.75. The third-order valence-corrected chi connectivity index (χ3v) is 3.74. The molecule has 18 heavy (non-hydrogen) atoms. The molecule has 4 nitrogen and oxygen atoms in total. The van der Waals surface area contributed by atoms with Crippen LogP contribution in [0, 0.1) is 12.3 Å². The summed E-state index contributed by atoms with van der Waals surface area (Å²) in [6, 6.07) is 2.17. The van der Waals surface area contributed by atoms with Crippen molar-refractivity contribution in [3.05, 3.63) is 17.5 Å². The largest absolute Gasteiger partial charge is 0.348 e. The van der Waals surface area contributed by atoms with E-state index in [2.05, 4.69) is 24.3 Å². The van der Waals surface area contributed by atoms with Crippen LogP contribution in [0.5, 0.6) is 0 Å². The van der Waals surface area contributed by atoms with Crippen LogP contribution in [0.25, 0.3) is 0 Å². The van der Waals surface area contributed by atoms with Gasteiger partial charge >= 0.3 is 0 Å². The van der Waals surface area contributed by atoms with Crippen LogP contribution in [0.15, 0.2) is 6.07 Å². The Kier molecular flexibility index (Phi) is 3.46. The molecule has 0 radical (unpaired) electrons. The minimum Gasteiger partial charge on any atom is -0.348 e. The Morgan fingerprint density at radius 3 is 2.89 bits per heavy atom. The molecule has 1 saturated carbocycles. The molecule has 1 atom stereocenters. The van der Waals surface area contributed by atoms with E-state index in [0.717, 1.165) is 25.1 Å². The molecule has 1 heterocycles. The average Bonchev–Trinajstić information content (AvgIpc) is 2.81. The molecular formula is C14H23N3O. The first-order chi connectivity index (χ1) is 8.41. The SMILES string of the molecule is CCn1nc(C)cc1C(=O)NC1CCC(C)(C)C1. The molecule has 100 valence electrons. The maximum Gasteiger partial charge on any atom is 0.269 e. The number of aryl methyl sites for hydroxylation is 2. The lowest BCUT2D eigenvalue weighted by molar-refractivity contribution is 0.0925. The molecule has 1 aromatic heterocycles. The topological polar surface area (TPSA) is 46.9 Å². The lowest BCUT2D eigenvalue weighted by Crippen LogP contribution is -2.34. The monoisotopic (exact) mass is 249 g/mol. The Hall–Kier alpha value is -1.32. The molecule has 1 fully saturated rings. The summed E-state index contributed by atoms with van der Waals surface area (Å²) in [5.41, 5.74) is 1.94. The van der Waals surface area contributed by atoms with Crippen LogP contribution in [-0.2, 0) is 6.54 Å². The Morgan fingerprint density at radius 1 is 1.61 bits per heavy atom. The number of hydrogen-bond acceptors (Lipinski definition) is 2. The Labute approximate surface area is 109 Å². The number of aromatic nitrogens is 2. The van der Waals surface area contributed by atoms with Gasteiger partial charge in [0.1, 0.15) is 5.69 Å². The zero-order valence-electron chi connectivity index (χ0n) is 11.8.